The highest BCUT2D eigenvalue weighted by molar-refractivity contribution is 5.85. The van der Waals surface area contributed by atoms with Crippen LogP contribution in [-0.4, -0.2) is 77.7 Å². The molecule has 0 unspecified atom stereocenters. The molecule has 2 fully saturated rings. The van der Waals surface area contributed by atoms with Gasteiger partial charge >= 0.3 is 12.0 Å². The molecule has 19 heavy (non-hydrogen) atoms. The van der Waals surface area contributed by atoms with E-state index >= 15 is 0 Å². The van der Waals surface area contributed by atoms with Crippen molar-refractivity contribution < 1.29 is 24.2 Å². The lowest BCUT2D eigenvalue weighted by atomic mass is 9.97. The van der Waals surface area contributed by atoms with Crippen LogP contribution in [0, 0.1) is 0 Å². The van der Waals surface area contributed by atoms with Gasteiger partial charge in [0.15, 0.2) is 0 Å². The highest BCUT2D eigenvalue weighted by Gasteiger charge is 2.44. The number of piperazine rings is 1. The SMILES string of the molecule is CC1(OCC(=O)O)CN(C(=O)N2CCNC(=O)C2)C1. The molecule has 0 aliphatic carbocycles. The van der Waals surface area contributed by atoms with E-state index in [1.165, 1.54) is 4.90 Å². The summed E-state index contributed by atoms with van der Waals surface area (Å²) >= 11 is 0. The fourth-order valence-corrected chi connectivity index (χ4v) is 2.23. The van der Waals surface area contributed by atoms with E-state index in [2.05, 4.69) is 5.32 Å². The van der Waals surface area contributed by atoms with Crippen molar-refractivity contribution in [3.8, 4) is 0 Å². The number of carbonyl (C=O) groups is 3. The second-order valence-electron chi connectivity index (χ2n) is 5.04. The zero-order chi connectivity index (χ0) is 14.0. The van der Waals surface area contributed by atoms with Crippen LogP contribution >= 0.6 is 0 Å². The van der Waals surface area contributed by atoms with Gasteiger partial charge in [0, 0.05) is 13.1 Å². The van der Waals surface area contributed by atoms with Crippen LogP contribution in [0.25, 0.3) is 0 Å². The molecular formula is C11H17N3O5. The third-order valence-corrected chi connectivity index (χ3v) is 3.17. The molecule has 0 aromatic carbocycles. The predicted octanol–water partition coefficient (Wildman–Crippen LogP) is -1.29. The van der Waals surface area contributed by atoms with Gasteiger partial charge in [-0.2, -0.15) is 0 Å². The van der Waals surface area contributed by atoms with Crippen molar-refractivity contribution in [3.63, 3.8) is 0 Å². The summed E-state index contributed by atoms with van der Waals surface area (Å²) in [7, 11) is 0. The Labute approximate surface area is 110 Å². The van der Waals surface area contributed by atoms with E-state index in [9.17, 15) is 14.4 Å². The average Bonchev–Trinajstić information content (AvgIpc) is 2.32. The summed E-state index contributed by atoms with van der Waals surface area (Å²) in [6, 6.07) is -0.203. The molecule has 0 spiro atoms. The number of hydrogen-bond donors (Lipinski definition) is 2. The van der Waals surface area contributed by atoms with Gasteiger partial charge in [0.25, 0.3) is 0 Å². The Hall–Kier alpha value is -1.83. The lowest BCUT2D eigenvalue weighted by Gasteiger charge is -2.48. The van der Waals surface area contributed by atoms with Crippen LogP contribution in [0.3, 0.4) is 0 Å². The molecule has 2 aliphatic heterocycles. The van der Waals surface area contributed by atoms with Gasteiger partial charge in [0.1, 0.15) is 18.8 Å². The first-order valence-corrected chi connectivity index (χ1v) is 6.06. The first kappa shape index (κ1) is 13.6. The van der Waals surface area contributed by atoms with Crippen LogP contribution in [0.1, 0.15) is 6.92 Å². The molecule has 106 valence electrons. The maximum absolute atomic E-state index is 12.1. The van der Waals surface area contributed by atoms with E-state index in [4.69, 9.17) is 9.84 Å². The van der Waals surface area contributed by atoms with E-state index in [-0.39, 0.29) is 25.1 Å². The van der Waals surface area contributed by atoms with Crippen molar-refractivity contribution in [2.45, 2.75) is 12.5 Å². The maximum atomic E-state index is 12.1. The van der Waals surface area contributed by atoms with Gasteiger partial charge in [-0.25, -0.2) is 9.59 Å². The Bertz CT molecular complexity index is 405. The molecule has 8 nitrogen and oxygen atoms in total. The summed E-state index contributed by atoms with van der Waals surface area (Å²) in [6.07, 6.45) is 0. The minimum absolute atomic E-state index is 0.0715. The molecule has 8 heteroatoms. The summed E-state index contributed by atoms with van der Waals surface area (Å²) in [5.41, 5.74) is -0.605. The fraction of sp³-hybridized carbons (Fsp3) is 0.727. The molecular weight excluding hydrogens is 254 g/mol. The van der Waals surface area contributed by atoms with Crippen molar-refractivity contribution in [2.75, 3.05) is 39.3 Å². The Morgan fingerprint density at radius 1 is 1.42 bits per heavy atom. The number of hydrogen-bond acceptors (Lipinski definition) is 4. The smallest absolute Gasteiger partial charge is 0.329 e. The molecule has 0 aromatic rings. The number of urea groups is 1. The molecule has 2 rings (SSSR count). The van der Waals surface area contributed by atoms with Crippen molar-refractivity contribution in [1.29, 1.82) is 0 Å². The number of nitrogens with zero attached hydrogens (tertiary/aromatic N) is 2. The quantitative estimate of drug-likeness (QED) is 0.665. The molecule has 2 N–H and O–H groups in total. The molecule has 0 atom stereocenters. The first-order valence-electron chi connectivity index (χ1n) is 6.06. The van der Waals surface area contributed by atoms with Crippen LogP contribution in [-0.2, 0) is 14.3 Å². The molecule has 2 aliphatic rings. The molecule has 2 saturated heterocycles. The number of carbonyl (C=O) groups excluding carboxylic acids is 2. The third-order valence-electron chi connectivity index (χ3n) is 3.17. The van der Waals surface area contributed by atoms with Gasteiger partial charge in [-0.1, -0.05) is 0 Å². The molecule has 0 saturated carbocycles. The average molecular weight is 271 g/mol. The Morgan fingerprint density at radius 3 is 2.68 bits per heavy atom. The maximum Gasteiger partial charge on any atom is 0.329 e. The topological polar surface area (TPSA) is 99.2 Å². The number of carboxylic acids is 1. The fourth-order valence-electron chi connectivity index (χ4n) is 2.23. The summed E-state index contributed by atoms with van der Waals surface area (Å²) < 4.78 is 5.22. The minimum atomic E-state index is -1.03. The lowest BCUT2D eigenvalue weighted by Crippen LogP contribution is -2.67. The number of likely N-dealkylation sites (tertiary alicyclic amines) is 1. The number of ether oxygens (including phenoxy) is 1. The molecule has 0 radical (unpaired) electrons. The van der Waals surface area contributed by atoms with Crippen LogP contribution in [0.2, 0.25) is 0 Å². The van der Waals surface area contributed by atoms with Crippen LogP contribution in [0.5, 0.6) is 0 Å². The Balaban J connectivity index is 1.80. The zero-order valence-corrected chi connectivity index (χ0v) is 10.7. The van der Waals surface area contributed by atoms with Crippen LogP contribution in [0.4, 0.5) is 4.79 Å². The predicted molar refractivity (Wildman–Crippen MR) is 63.5 cm³/mol. The summed E-state index contributed by atoms with van der Waals surface area (Å²) in [5.74, 6) is -1.19. The zero-order valence-electron chi connectivity index (χ0n) is 10.7. The van der Waals surface area contributed by atoms with Gasteiger partial charge in [-0.05, 0) is 6.92 Å². The monoisotopic (exact) mass is 271 g/mol. The first-order chi connectivity index (χ1) is 8.89. The third kappa shape index (κ3) is 3.14. The van der Waals surface area contributed by atoms with Crippen LogP contribution < -0.4 is 5.32 Å². The summed E-state index contributed by atoms with van der Waals surface area (Å²) in [5, 5.41) is 11.2. The van der Waals surface area contributed by atoms with Gasteiger partial charge < -0.3 is 25.0 Å². The number of carboxylic acid groups (broad SMARTS) is 1. The van der Waals surface area contributed by atoms with E-state index in [1.54, 1.807) is 11.8 Å². The Morgan fingerprint density at radius 2 is 2.11 bits per heavy atom. The van der Waals surface area contributed by atoms with Crippen LogP contribution in [0.15, 0.2) is 0 Å². The van der Waals surface area contributed by atoms with E-state index < -0.39 is 11.6 Å². The largest absolute Gasteiger partial charge is 0.480 e. The van der Waals surface area contributed by atoms with Gasteiger partial charge in [-0.3, -0.25) is 4.79 Å². The highest BCUT2D eigenvalue weighted by atomic mass is 16.5. The van der Waals surface area contributed by atoms with Crippen molar-refractivity contribution in [3.05, 3.63) is 0 Å². The molecule has 3 amide bonds. The molecule has 2 heterocycles. The number of aliphatic carboxylic acids is 1. The number of nitrogens with one attached hydrogen (secondary N) is 1. The van der Waals surface area contributed by atoms with Gasteiger partial charge in [-0.15, -0.1) is 0 Å². The normalized spacial score (nSPS) is 21.6. The lowest BCUT2D eigenvalue weighted by molar-refractivity contribution is -0.160. The molecule has 0 bridgehead atoms. The number of rotatable bonds is 3. The minimum Gasteiger partial charge on any atom is -0.480 e. The number of amides is 3. The summed E-state index contributed by atoms with van der Waals surface area (Å²) in [6.45, 7) is 3.11. The van der Waals surface area contributed by atoms with Crippen molar-refractivity contribution in [1.82, 2.24) is 15.1 Å². The second kappa shape index (κ2) is 5.04. The second-order valence-corrected chi connectivity index (χ2v) is 5.04. The highest BCUT2D eigenvalue weighted by Crippen LogP contribution is 2.25. The van der Waals surface area contributed by atoms with Crippen molar-refractivity contribution in [2.24, 2.45) is 0 Å². The molecule has 0 aromatic heterocycles. The van der Waals surface area contributed by atoms with E-state index in [0.717, 1.165) is 0 Å². The standard InChI is InChI=1S/C11H17N3O5/c1-11(19-5-9(16)17)6-14(7-11)10(18)13-3-2-12-8(15)4-13/h2-7H2,1H3,(H,12,15)(H,16,17). The Kier molecular flexibility index (Phi) is 3.61. The van der Waals surface area contributed by atoms with Gasteiger partial charge in [0.2, 0.25) is 5.91 Å². The van der Waals surface area contributed by atoms with Crippen molar-refractivity contribution >= 4 is 17.9 Å². The van der Waals surface area contributed by atoms with E-state index in [0.29, 0.717) is 26.2 Å². The summed E-state index contributed by atoms with van der Waals surface area (Å²) in [4.78, 5) is 36.7. The van der Waals surface area contributed by atoms with Gasteiger partial charge in [0.05, 0.1) is 13.1 Å². The van der Waals surface area contributed by atoms with E-state index in [1.807, 2.05) is 0 Å².